The fourth-order valence-corrected chi connectivity index (χ4v) is 2.13. The van der Waals surface area contributed by atoms with E-state index in [4.69, 9.17) is 5.73 Å². The molecule has 0 heterocycles. The summed E-state index contributed by atoms with van der Waals surface area (Å²) in [5.74, 6) is -2.24. The Balaban J connectivity index is 2.44. The van der Waals surface area contributed by atoms with E-state index < -0.39 is 23.8 Å². The molecule has 6 heteroatoms. The van der Waals surface area contributed by atoms with Crippen LogP contribution in [0.3, 0.4) is 0 Å². The van der Waals surface area contributed by atoms with Crippen LogP contribution in [0.2, 0.25) is 0 Å². The van der Waals surface area contributed by atoms with Crippen molar-refractivity contribution < 1.29 is 14.4 Å². The van der Waals surface area contributed by atoms with Gasteiger partial charge in [-0.3, -0.25) is 14.4 Å². The number of hydrogen-bond donors (Lipinski definition) is 3. The van der Waals surface area contributed by atoms with Crippen molar-refractivity contribution in [2.75, 3.05) is 6.54 Å². The molecule has 23 heavy (non-hydrogen) atoms. The maximum Gasteiger partial charge on any atom is 0.309 e. The Kier molecular flexibility index (Phi) is 8.42. The molecule has 0 fully saturated rings. The highest BCUT2D eigenvalue weighted by molar-refractivity contribution is 6.35. The van der Waals surface area contributed by atoms with E-state index in [2.05, 4.69) is 17.6 Å². The van der Waals surface area contributed by atoms with E-state index in [1.54, 1.807) is 0 Å². The van der Waals surface area contributed by atoms with Crippen molar-refractivity contribution >= 4 is 17.7 Å². The number of unbranched alkanes of at least 4 members (excludes halogenated alkanes) is 3. The number of nitrogens with one attached hydrogen (secondary N) is 2. The lowest BCUT2D eigenvalue weighted by Crippen LogP contribution is -2.50. The topological polar surface area (TPSA) is 101 Å². The van der Waals surface area contributed by atoms with E-state index >= 15 is 0 Å². The number of amides is 3. The van der Waals surface area contributed by atoms with Gasteiger partial charge >= 0.3 is 11.8 Å². The minimum absolute atomic E-state index is 0.256. The van der Waals surface area contributed by atoms with Crippen LogP contribution in [0.15, 0.2) is 30.3 Å². The average molecular weight is 319 g/mol. The first-order chi connectivity index (χ1) is 11.0. The summed E-state index contributed by atoms with van der Waals surface area (Å²) in [5, 5.41) is 4.94. The van der Waals surface area contributed by atoms with Crippen LogP contribution < -0.4 is 16.4 Å². The van der Waals surface area contributed by atoms with Gasteiger partial charge in [0, 0.05) is 13.0 Å². The Morgan fingerprint density at radius 1 is 1.04 bits per heavy atom. The molecule has 1 aromatic carbocycles. The monoisotopic (exact) mass is 319 g/mol. The van der Waals surface area contributed by atoms with Crippen molar-refractivity contribution in [3.05, 3.63) is 35.9 Å². The maximum absolute atomic E-state index is 11.8. The Labute approximate surface area is 136 Å². The number of hydrogen-bond acceptors (Lipinski definition) is 3. The van der Waals surface area contributed by atoms with Gasteiger partial charge in [0.1, 0.15) is 6.04 Å². The van der Waals surface area contributed by atoms with Gasteiger partial charge in [0.25, 0.3) is 0 Å². The van der Waals surface area contributed by atoms with E-state index in [-0.39, 0.29) is 6.42 Å². The standard InChI is InChI=1S/C17H25N3O3/c1-2-3-4-8-11-19-16(22)17(23)20-14(15(18)21)12-13-9-6-5-7-10-13/h5-7,9-10,14H,2-4,8,11-12H2,1H3,(H2,18,21)(H,19,22)(H,20,23)/t14-/m0/s1. The van der Waals surface area contributed by atoms with Gasteiger partial charge in [0.2, 0.25) is 5.91 Å². The number of benzene rings is 1. The lowest BCUT2D eigenvalue weighted by molar-refractivity contribution is -0.140. The molecule has 0 spiro atoms. The van der Waals surface area contributed by atoms with Gasteiger partial charge in [-0.15, -0.1) is 0 Å². The van der Waals surface area contributed by atoms with Gasteiger partial charge in [-0.2, -0.15) is 0 Å². The van der Waals surface area contributed by atoms with Crippen LogP contribution in [0.4, 0.5) is 0 Å². The second-order valence-corrected chi connectivity index (χ2v) is 5.43. The van der Waals surface area contributed by atoms with Gasteiger partial charge in [-0.05, 0) is 12.0 Å². The van der Waals surface area contributed by atoms with E-state index in [9.17, 15) is 14.4 Å². The number of carbonyl (C=O) groups is 3. The van der Waals surface area contributed by atoms with E-state index in [1.807, 2.05) is 30.3 Å². The summed E-state index contributed by atoms with van der Waals surface area (Å²) in [6.45, 7) is 2.55. The molecule has 0 aliphatic heterocycles. The second kappa shape index (κ2) is 10.4. The number of nitrogens with two attached hydrogens (primary N) is 1. The van der Waals surface area contributed by atoms with Crippen LogP contribution >= 0.6 is 0 Å². The highest BCUT2D eigenvalue weighted by Crippen LogP contribution is 2.03. The molecule has 6 nitrogen and oxygen atoms in total. The lowest BCUT2D eigenvalue weighted by Gasteiger charge is -2.15. The van der Waals surface area contributed by atoms with E-state index in [1.165, 1.54) is 0 Å². The molecule has 0 aromatic heterocycles. The third kappa shape index (κ3) is 7.44. The summed E-state index contributed by atoms with van der Waals surface area (Å²) in [5.41, 5.74) is 6.16. The summed E-state index contributed by atoms with van der Waals surface area (Å²) in [4.78, 5) is 35.0. The van der Waals surface area contributed by atoms with Crippen molar-refractivity contribution in [2.24, 2.45) is 5.73 Å². The molecule has 1 atom stereocenters. The number of primary amides is 1. The first-order valence-electron chi connectivity index (χ1n) is 7.96. The second-order valence-electron chi connectivity index (χ2n) is 5.43. The van der Waals surface area contributed by atoms with Gasteiger partial charge < -0.3 is 16.4 Å². The smallest absolute Gasteiger partial charge is 0.309 e. The predicted molar refractivity (Wildman–Crippen MR) is 88.4 cm³/mol. The third-order valence-electron chi connectivity index (χ3n) is 3.45. The van der Waals surface area contributed by atoms with Crippen molar-refractivity contribution in [3.8, 4) is 0 Å². The largest absolute Gasteiger partial charge is 0.368 e. The van der Waals surface area contributed by atoms with Crippen LogP contribution in [0.1, 0.15) is 38.2 Å². The zero-order valence-electron chi connectivity index (χ0n) is 13.5. The Bertz CT molecular complexity index is 517. The molecule has 0 unspecified atom stereocenters. The molecule has 0 aliphatic rings. The molecule has 0 bridgehead atoms. The Morgan fingerprint density at radius 3 is 2.35 bits per heavy atom. The highest BCUT2D eigenvalue weighted by atomic mass is 16.2. The minimum atomic E-state index is -0.907. The van der Waals surface area contributed by atoms with Crippen LogP contribution in [0, 0.1) is 0 Å². The molecule has 0 saturated heterocycles. The van der Waals surface area contributed by atoms with E-state index in [0.717, 1.165) is 31.2 Å². The van der Waals surface area contributed by atoms with Crippen LogP contribution in [-0.4, -0.2) is 30.3 Å². The van der Waals surface area contributed by atoms with Crippen LogP contribution in [-0.2, 0) is 20.8 Å². The fraction of sp³-hybridized carbons (Fsp3) is 0.471. The predicted octanol–water partition coefficient (Wildman–Crippen LogP) is 0.896. The SMILES string of the molecule is CCCCCCNC(=O)C(=O)N[C@@H](Cc1ccccc1)C(N)=O. The fourth-order valence-electron chi connectivity index (χ4n) is 2.13. The molecule has 0 radical (unpaired) electrons. The Morgan fingerprint density at radius 2 is 1.74 bits per heavy atom. The summed E-state index contributed by atoms with van der Waals surface area (Å²) < 4.78 is 0. The molecule has 0 saturated carbocycles. The summed E-state index contributed by atoms with van der Waals surface area (Å²) in [7, 11) is 0. The number of carbonyl (C=O) groups excluding carboxylic acids is 3. The van der Waals surface area contributed by atoms with Gasteiger partial charge in [-0.1, -0.05) is 56.5 Å². The lowest BCUT2D eigenvalue weighted by atomic mass is 10.1. The highest BCUT2D eigenvalue weighted by Gasteiger charge is 2.22. The molecular formula is C17H25N3O3. The number of rotatable bonds is 9. The zero-order valence-corrected chi connectivity index (χ0v) is 13.5. The summed E-state index contributed by atoms with van der Waals surface area (Å²) >= 11 is 0. The van der Waals surface area contributed by atoms with Crippen LogP contribution in [0.25, 0.3) is 0 Å². The quantitative estimate of drug-likeness (QED) is 0.465. The zero-order chi connectivity index (χ0) is 17.1. The first-order valence-corrected chi connectivity index (χ1v) is 7.96. The molecule has 126 valence electrons. The molecule has 0 aliphatic carbocycles. The van der Waals surface area contributed by atoms with Crippen molar-refractivity contribution in [1.82, 2.24) is 10.6 Å². The molecular weight excluding hydrogens is 294 g/mol. The third-order valence-corrected chi connectivity index (χ3v) is 3.45. The molecule has 4 N–H and O–H groups in total. The normalized spacial score (nSPS) is 11.5. The van der Waals surface area contributed by atoms with Crippen molar-refractivity contribution in [1.29, 1.82) is 0 Å². The first kappa shape index (κ1) is 18.7. The van der Waals surface area contributed by atoms with Gasteiger partial charge in [0.05, 0.1) is 0 Å². The summed E-state index contributed by atoms with van der Waals surface area (Å²) in [6.07, 6.45) is 4.30. The van der Waals surface area contributed by atoms with Gasteiger partial charge in [0.15, 0.2) is 0 Å². The average Bonchev–Trinajstić information content (AvgIpc) is 2.54. The van der Waals surface area contributed by atoms with Crippen molar-refractivity contribution in [2.45, 2.75) is 45.1 Å². The van der Waals surface area contributed by atoms with Gasteiger partial charge in [-0.25, -0.2) is 0 Å². The molecule has 1 aromatic rings. The molecule has 3 amide bonds. The van der Waals surface area contributed by atoms with Crippen molar-refractivity contribution in [3.63, 3.8) is 0 Å². The Hall–Kier alpha value is -2.37. The van der Waals surface area contributed by atoms with E-state index in [0.29, 0.717) is 6.54 Å². The maximum atomic E-state index is 11.8. The minimum Gasteiger partial charge on any atom is -0.368 e. The summed E-state index contributed by atoms with van der Waals surface area (Å²) in [6, 6.07) is 8.27. The molecule has 1 rings (SSSR count). The van der Waals surface area contributed by atoms with Crippen LogP contribution in [0.5, 0.6) is 0 Å².